The summed E-state index contributed by atoms with van der Waals surface area (Å²) in [4.78, 5) is 25.5. The first-order valence-electron chi connectivity index (χ1n) is 7.71. The van der Waals surface area contributed by atoms with E-state index >= 15 is 0 Å². The summed E-state index contributed by atoms with van der Waals surface area (Å²) in [6.45, 7) is 2.03. The summed E-state index contributed by atoms with van der Waals surface area (Å²) in [5.41, 5.74) is 1.58. The van der Waals surface area contributed by atoms with Gasteiger partial charge in [-0.15, -0.1) is 0 Å². The molecule has 0 atom stereocenters. The number of benzene rings is 2. The van der Waals surface area contributed by atoms with Crippen LogP contribution in [0.5, 0.6) is 5.75 Å². The van der Waals surface area contributed by atoms with Crippen LogP contribution in [0.4, 0.5) is 16.2 Å². The second kappa shape index (κ2) is 10.3. The lowest BCUT2D eigenvalue weighted by atomic mass is 10.2. The Morgan fingerprint density at radius 2 is 1.77 bits per heavy atom. The molecule has 2 aromatic rings. The highest BCUT2D eigenvalue weighted by atomic mass is 16.6. The molecule has 2 amide bonds. The van der Waals surface area contributed by atoms with Gasteiger partial charge in [-0.3, -0.25) is 9.69 Å². The lowest BCUT2D eigenvalue weighted by Gasteiger charge is -2.19. The molecule has 0 saturated heterocycles. The number of nitrogens with one attached hydrogen (secondary N) is 1. The molecule has 8 nitrogen and oxygen atoms in total. The van der Waals surface area contributed by atoms with Crippen molar-refractivity contribution >= 4 is 23.4 Å². The molecule has 0 aliphatic rings. The average molecular weight is 356 g/mol. The monoisotopic (exact) mass is 356 g/mol. The van der Waals surface area contributed by atoms with Gasteiger partial charge < -0.3 is 14.8 Å². The third-order valence-corrected chi connectivity index (χ3v) is 3.40. The van der Waals surface area contributed by atoms with Crippen LogP contribution in [0.3, 0.4) is 0 Å². The fourth-order valence-electron chi connectivity index (χ4n) is 2.11. The molecular formula is C18H20N4O4. The van der Waals surface area contributed by atoms with Gasteiger partial charge in [0, 0.05) is 29.1 Å². The third-order valence-electron chi connectivity index (χ3n) is 3.40. The van der Waals surface area contributed by atoms with Crippen LogP contribution in [0.25, 0.3) is 0 Å². The van der Waals surface area contributed by atoms with Gasteiger partial charge in [0.05, 0.1) is 19.4 Å². The molecule has 0 unspecified atom stereocenters. The zero-order valence-corrected chi connectivity index (χ0v) is 14.8. The van der Waals surface area contributed by atoms with Crippen molar-refractivity contribution in [1.82, 2.24) is 0 Å². The lowest BCUT2D eigenvalue weighted by molar-refractivity contribution is 0.102. The molecule has 0 aromatic heterocycles. The highest BCUT2D eigenvalue weighted by molar-refractivity contribution is 6.05. The van der Waals surface area contributed by atoms with E-state index in [1.54, 1.807) is 56.4 Å². The van der Waals surface area contributed by atoms with E-state index in [1.165, 1.54) is 12.0 Å². The predicted octanol–water partition coefficient (Wildman–Crippen LogP) is 3.57. The maximum Gasteiger partial charge on any atom is 0.413 e. The number of amides is 2. The van der Waals surface area contributed by atoms with Gasteiger partial charge in [0.2, 0.25) is 0 Å². The van der Waals surface area contributed by atoms with Crippen LogP contribution < -0.4 is 15.0 Å². The third kappa shape index (κ3) is 5.21. The highest BCUT2D eigenvalue weighted by Crippen LogP contribution is 2.30. The minimum absolute atomic E-state index is 0.259. The standard InChI is InChI=1S/C18H20N2O4.N2/c1-4-24-18(22)20(2)14-10-11-16(23-3)15(12-14)19-17(21)13-8-6-5-7-9-13;1-2/h5-12H,4H2,1-3H3,(H,19,21);. The van der Waals surface area contributed by atoms with Gasteiger partial charge in [0.1, 0.15) is 5.75 Å². The van der Waals surface area contributed by atoms with Crippen LogP contribution in [-0.2, 0) is 4.74 Å². The molecule has 0 fully saturated rings. The maximum absolute atomic E-state index is 12.3. The van der Waals surface area contributed by atoms with Crippen molar-refractivity contribution in [2.75, 3.05) is 31.0 Å². The SMILES string of the molecule is CCOC(=O)N(C)c1ccc(OC)c(NC(=O)c2ccccc2)c1.N#N. The molecule has 8 heteroatoms. The number of rotatable bonds is 5. The number of methoxy groups -OCH3 is 1. The number of nitrogens with zero attached hydrogens (tertiary/aromatic N) is 3. The van der Waals surface area contributed by atoms with E-state index in [0.717, 1.165) is 0 Å². The molecule has 0 heterocycles. The maximum atomic E-state index is 12.3. The van der Waals surface area contributed by atoms with Gasteiger partial charge >= 0.3 is 6.09 Å². The van der Waals surface area contributed by atoms with Crippen LogP contribution in [0, 0.1) is 10.8 Å². The molecule has 0 aliphatic carbocycles. The molecule has 2 aromatic carbocycles. The Balaban J connectivity index is 0.00000163. The van der Waals surface area contributed by atoms with Crippen molar-refractivity contribution in [3.63, 3.8) is 0 Å². The van der Waals surface area contributed by atoms with E-state index in [1.807, 2.05) is 6.07 Å². The van der Waals surface area contributed by atoms with E-state index in [4.69, 9.17) is 20.3 Å². The summed E-state index contributed by atoms with van der Waals surface area (Å²) in [5.74, 6) is 0.241. The molecule has 26 heavy (non-hydrogen) atoms. The Labute approximate surface area is 151 Å². The number of ether oxygens (including phenoxy) is 2. The van der Waals surface area contributed by atoms with Gasteiger partial charge in [0.15, 0.2) is 0 Å². The Morgan fingerprint density at radius 1 is 1.12 bits per heavy atom. The van der Waals surface area contributed by atoms with E-state index < -0.39 is 6.09 Å². The Hall–Kier alpha value is -3.60. The molecule has 0 aliphatic heterocycles. The molecule has 2 rings (SSSR count). The van der Waals surface area contributed by atoms with Crippen molar-refractivity contribution in [2.45, 2.75) is 6.92 Å². The zero-order valence-electron chi connectivity index (χ0n) is 14.8. The summed E-state index contributed by atoms with van der Waals surface area (Å²) in [7, 11) is 3.12. The fraction of sp³-hybridized carbons (Fsp3) is 0.222. The Kier molecular flexibility index (Phi) is 8.10. The van der Waals surface area contributed by atoms with Gasteiger partial charge in [-0.25, -0.2) is 4.79 Å². The van der Waals surface area contributed by atoms with Crippen LogP contribution in [0.1, 0.15) is 17.3 Å². The van der Waals surface area contributed by atoms with Crippen molar-refractivity contribution in [2.24, 2.45) is 0 Å². The minimum atomic E-state index is -0.469. The quantitative estimate of drug-likeness (QED) is 0.819. The van der Waals surface area contributed by atoms with Crippen LogP contribution in [0.15, 0.2) is 48.5 Å². The summed E-state index contributed by atoms with van der Waals surface area (Å²) >= 11 is 0. The van der Waals surface area contributed by atoms with Crippen molar-refractivity contribution in [3.8, 4) is 5.75 Å². The molecule has 1 N–H and O–H groups in total. The van der Waals surface area contributed by atoms with Crippen molar-refractivity contribution < 1.29 is 19.1 Å². The van der Waals surface area contributed by atoms with Crippen molar-refractivity contribution in [3.05, 3.63) is 54.1 Å². The number of hydrogen-bond donors (Lipinski definition) is 1. The van der Waals surface area contributed by atoms with E-state index in [9.17, 15) is 9.59 Å². The average Bonchev–Trinajstić information content (AvgIpc) is 2.69. The Bertz CT molecular complexity index is 762. The Morgan fingerprint density at radius 3 is 2.35 bits per heavy atom. The molecule has 0 spiro atoms. The first kappa shape index (κ1) is 20.4. The lowest BCUT2D eigenvalue weighted by Crippen LogP contribution is -2.27. The normalized spacial score (nSPS) is 9.27. The fourth-order valence-corrected chi connectivity index (χ4v) is 2.11. The van der Waals surface area contributed by atoms with Gasteiger partial charge in [-0.05, 0) is 37.3 Å². The first-order valence-corrected chi connectivity index (χ1v) is 7.71. The molecule has 0 bridgehead atoms. The van der Waals surface area contributed by atoms with Gasteiger partial charge in [-0.2, -0.15) is 0 Å². The topological polar surface area (TPSA) is 115 Å². The molecule has 0 radical (unpaired) electrons. The van der Waals surface area contributed by atoms with Crippen LogP contribution in [0.2, 0.25) is 0 Å². The second-order valence-corrected chi connectivity index (χ2v) is 4.96. The smallest absolute Gasteiger partial charge is 0.413 e. The predicted molar refractivity (Wildman–Crippen MR) is 96.3 cm³/mol. The summed E-state index contributed by atoms with van der Waals surface area (Å²) < 4.78 is 10.2. The molecular weight excluding hydrogens is 336 g/mol. The second-order valence-electron chi connectivity index (χ2n) is 4.96. The largest absolute Gasteiger partial charge is 0.495 e. The van der Waals surface area contributed by atoms with Gasteiger partial charge in [-0.1, -0.05) is 18.2 Å². The van der Waals surface area contributed by atoms with Crippen LogP contribution >= 0.6 is 0 Å². The number of carbonyl (C=O) groups is 2. The first-order chi connectivity index (χ1) is 12.6. The molecule has 0 saturated carbocycles. The number of anilines is 2. The van der Waals surface area contributed by atoms with E-state index in [0.29, 0.717) is 22.7 Å². The number of carbonyl (C=O) groups excluding carboxylic acids is 2. The minimum Gasteiger partial charge on any atom is -0.495 e. The van der Waals surface area contributed by atoms with Gasteiger partial charge in [0.25, 0.3) is 5.91 Å². The van der Waals surface area contributed by atoms with Crippen molar-refractivity contribution in [1.29, 1.82) is 10.8 Å². The summed E-state index contributed by atoms with van der Waals surface area (Å²) in [5, 5.41) is 14.8. The molecule has 136 valence electrons. The highest BCUT2D eigenvalue weighted by Gasteiger charge is 2.15. The zero-order chi connectivity index (χ0) is 19.5. The van der Waals surface area contributed by atoms with E-state index in [2.05, 4.69) is 5.32 Å². The van der Waals surface area contributed by atoms with Crippen LogP contribution in [-0.4, -0.2) is 32.8 Å². The summed E-state index contributed by atoms with van der Waals surface area (Å²) in [6.07, 6.45) is -0.469. The van der Waals surface area contributed by atoms with E-state index in [-0.39, 0.29) is 12.5 Å². The number of hydrogen-bond acceptors (Lipinski definition) is 6. The summed E-state index contributed by atoms with van der Waals surface area (Å²) in [6, 6.07) is 13.9.